The van der Waals surface area contributed by atoms with E-state index >= 15 is 0 Å². The van der Waals surface area contributed by atoms with Crippen LogP contribution in [0.25, 0.3) is 6.08 Å². The van der Waals surface area contributed by atoms with Crippen molar-refractivity contribution in [3.05, 3.63) is 41.0 Å². The first-order chi connectivity index (χ1) is 10.3. The third-order valence-corrected chi connectivity index (χ3v) is 3.59. The first kappa shape index (κ1) is 16.3. The van der Waals surface area contributed by atoms with Crippen LogP contribution < -0.4 is 0 Å². The monoisotopic (exact) mass is 302 g/mol. The first-order valence-electron chi connectivity index (χ1n) is 7.49. The molecule has 1 aromatic rings. The molecule has 1 atom stereocenters. The van der Waals surface area contributed by atoms with E-state index in [9.17, 15) is 9.59 Å². The van der Waals surface area contributed by atoms with Gasteiger partial charge in [-0.1, -0.05) is 30.3 Å². The number of hydrogen-bond donors (Lipinski definition) is 1. The van der Waals surface area contributed by atoms with Crippen LogP contribution in [0.5, 0.6) is 0 Å². The summed E-state index contributed by atoms with van der Waals surface area (Å²) < 4.78 is 5.47. The Kier molecular flexibility index (Phi) is 4.69. The van der Waals surface area contributed by atoms with Crippen LogP contribution >= 0.6 is 0 Å². The Bertz CT molecular complexity index is 608. The van der Waals surface area contributed by atoms with Crippen molar-refractivity contribution in [2.75, 3.05) is 0 Å². The second-order valence-corrected chi connectivity index (χ2v) is 6.61. The Labute approximate surface area is 130 Å². The van der Waals surface area contributed by atoms with Gasteiger partial charge < -0.3 is 9.84 Å². The second kappa shape index (κ2) is 6.34. The van der Waals surface area contributed by atoms with Crippen LogP contribution in [0.2, 0.25) is 0 Å². The van der Waals surface area contributed by atoms with Crippen LogP contribution in [0.15, 0.2) is 29.8 Å². The summed E-state index contributed by atoms with van der Waals surface area (Å²) in [5, 5.41) is 9.14. The van der Waals surface area contributed by atoms with E-state index in [1.165, 1.54) is 0 Å². The highest BCUT2D eigenvalue weighted by atomic mass is 16.6. The molecule has 0 bridgehead atoms. The fourth-order valence-electron chi connectivity index (χ4n) is 2.68. The van der Waals surface area contributed by atoms with E-state index in [1.807, 2.05) is 51.1 Å². The highest BCUT2D eigenvalue weighted by molar-refractivity contribution is 5.83. The topological polar surface area (TPSA) is 63.6 Å². The molecule has 118 valence electrons. The number of benzene rings is 1. The van der Waals surface area contributed by atoms with Gasteiger partial charge in [-0.25, -0.2) is 0 Å². The molecular weight excluding hydrogens is 280 g/mol. The Morgan fingerprint density at radius 1 is 1.27 bits per heavy atom. The highest BCUT2D eigenvalue weighted by Crippen LogP contribution is 2.31. The third kappa shape index (κ3) is 4.20. The molecule has 0 spiro atoms. The maximum absolute atomic E-state index is 12.5. The minimum absolute atomic E-state index is 0.141. The van der Waals surface area contributed by atoms with Gasteiger partial charge >= 0.3 is 11.9 Å². The number of carboxylic acids is 1. The van der Waals surface area contributed by atoms with E-state index < -0.39 is 17.5 Å². The summed E-state index contributed by atoms with van der Waals surface area (Å²) in [6.45, 7) is 5.45. The number of carboxylic acid groups (broad SMARTS) is 1. The molecule has 22 heavy (non-hydrogen) atoms. The average Bonchev–Trinajstić information content (AvgIpc) is 2.54. The van der Waals surface area contributed by atoms with Gasteiger partial charge in [0, 0.05) is 0 Å². The number of fused-ring (bicyclic) bond motifs is 1. The van der Waals surface area contributed by atoms with Crippen molar-refractivity contribution in [1.29, 1.82) is 0 Å². The van der Waals surface area contributed by atoms with Crippen LogP contribution in [0, 0.1) is 5.92 Å². The molecule has 1 N–H and O–H groups in total. The number of esters is 1. The zero-order valence-corrected chi connectivity index (χ0v) is 13.3. The zero-order chi connectivity index (χ0) is 16.3. The third-order valence-electron chi connectivity index (χ3n) is 3.59. The molecule has 0 saturated carbocycles. The van der Waals surface area contributed by atoms with Crippen LogP contribution in [0.3, 0.4) is 0 Å². The van der Waals surface area contributed by atoms with Gasteiger partial charge in [-0.15, -0.1) is 0 Å². The molecular formula is C18H22O4. The van der Waals surface area contributed by atoms with Gasteiger partial charge in [0.05, 0.1) is 12.3 Å². The lowest BCUT2D eigenvalue weighted by Gasteiger charge is -2.24. The summed E-state index contributed by atoms with van der Waals surface area (Å²) in [6.07, 6.45) is 3.01. The van der Waals surface area contributed by atoms with Crippen LogP contribution in [-0.4, -0.2) is 22.6 Å². The minimum atomic E-state index is -0.931. The number of aliphatic carboxylic acids is 1. The molecule has 1 aliphatic rings. The summed E-state index contributed by atoms with van der Waals surface area (Å²) in [6, 6.07) is 7.84. The summed E-state index contributed by atoms with van der Waals surface area (Å²) >= 11 is 0. The van der Waals surface area contributed by atoms with E-state index in [4.69, 9.17) is 9.84 Å². The van der Waals surface area contributed by atoms with Gasteiger partial charge in [-0.2, -0.15) is 0 Å². The predicted molar refractivity (Wildman–Crippen MR) is 84.3 cm³/mol. The Hall–Kier alpha value is -2.10. The fourth-order valence-corrected chi connectivity index (χ4v) is 2.68. The summed E-state index contributed by atoms with van der Waals surface area (Å²) in [4.78, 5) is 23.6. The molecule has 4 heteroatoms. The van der Waals surface area contributed by atoms with E-state index in [1.54, 1.807) is 0 Å². The number of aryl methyl sites for hydroxylation is 1. The van der Waals surface area contributed by atoms with Crippen LogP contribution in [0.1, 0.15) is 44.7 Å². The van der Waals surface area contributed by atoms with Crippen molar-refractivity contribution in [2.45, 2.75) is 45.6 Å². The van der Waals surface area contributed by atoms with E-state index in [0.717, 1.165) is 17.5 Å². The predicted octanol–water partition coefficient (Wildman–Crippen LogP) is 3.45. The molecule has 0 heterocycles. The van der Waals surface area contributed by atoms with E-state index in [2.05, 4.69) is 0 Å². The maximum Gasteiger partial charge on any atom is 0.313 e. The van der Waals surface area contributed by atoms with Gasteiger partial charge in [0.25, 0.3) is 0 Å². The lowest BCUT2D eigenvalue weighted by atomic mass is 9.92. The molecule has 0 saturated heterocycles. The standard InChI is InChI=1S/C18H22O4/c1-18(2,3)22-17(21)15-9-8-12-6-4-5-7-13(12)10-14(15)11-16(19)20/h4-7,10,15H,8-9,11H2,1-3H3,(H,19,20). The number of carbonyl (C=O) groups excluding carboxylic acids is 1. The van der Waals surface area contributed by atoms with Crippen LogP contribution in [-0.2, 0) is 20.7 Å². The largest absolute Gasteiger partial charge is 0.481 e. The summed E-state index contributed by atoms with van der Waals surface area (Å²) in [7, 11) is 0. The van der Waals surface area contributed by atoms with Crippen molar-refractivity contribution >= 4 is 18.0 Å². The smallest absolute Gasteiger partial charge is 0.313 e. The van der Waals surface area contributed by atoms with Gasteiger partial charge in [-0.05, 0) is 50.3 Å². The molecule has 0 aliphatic heterocycles. The molecule has 0 amide bonds. The molecule has 1 unspecified atom stereocenters. The normalized spacial score (nSPS) is 18.0. The van der Waals surface area contributed by atoms with Gasteiger partial charge in [-0.3, -0.25) is 9.59 Å². The molecule has 0 aromatic heterocycles. The average molecular weight is 302 g/mol. The summed E-state index contributed by atoms with van der Waals surface area (Å²) in [5.41, 5.74) is 2.16. The number of carbonyl (C=O) groups is 2. The SMILES string of the molecule is CC(C)(C)OC(=O)C1CCc2ccccc2C=C1CC(=O)O. The molecule has 0 radical (unpaired) electrons. The van der Waals surface area contributed by atoms with Crippen molar-refractivity contribution in [3.8, 4) is 0 Å². The molecule has 4 nitrogen and oxygen atoms in total. The quantitative estimate of drug-likeness (QED) is 0.869. The highest BCUT2D eigenvalue weighted by Gasteiger charge is 2.30. The number of rotatable bonds is 3. The summed E-state index contributed by atoms with van der Waals surface area (Å²) in [5.74, 6) is -1.77. The second-order valence-electron chi connectivity index (χ2n) is 6.61. The van der Waals surface area contributed by atoms with Gasteiger partial charge in [0.15, 0.2) is 0 Å². The van der Waals surface area contributed by atoms with Gasteiger partial charge in [0.1, 0.15) is 5.60 Å². The fraction of sp³-hybridized carbons (Fsp3) is 0.444. The lowest BCUT2D eigenvalue weighted by Crippen LogP contribution is -2.30. The Morgan fingerprint density at radius 2 is 1.95 bits per heavy atom. The van der Waals surface area contributed by atoms with E-state index in [0.29, 0.717) is 12.0 Å². The molecule has 2 rings (SSSR count). The molecule has 1 aliphatic carbocycles. The number of ether oxygens (including phenoxy) is 1. The van der Waals surface area contributed by atoms with Gasteiger partial charge in [0.2, 0.25) is 0 Å². The molecule has 0 fully saturated rings. The number of hydrogen-bond acceptors (Lipinski definition) is 3. The van der Waals surface area contributed by atoms with Crippen molar-refractivity contribution < 1.29 is 19.4 Å². The maximum atomic E-state index is 12.5. The lowest BCUT2D eigenvalue weighted by molar-refractivity contribution is -0.158. The first-order valence-corrected chi connectivity index (χ1v) is 7.49. The van der Waals surface area contributed by atoms with Crippen molar-refractivity contribution in [3.63, 3.8) is 0 Å². The minimum Gasteiger partial charge on any atom is -0.481 e. The zero-order valence-electron chi connectivity index (χ0n) is 13.3. The van der Waals surface area contributed by atoms with Crippen LogP contribution in [0.4, 0.5) is 0 Å². The van der Waals surface area contributed by atoms with Crippen molar-refractivity contribution in [1.82, 2.24) is 0 Å². The molecule has 1 aromatic carbocycles. The van der Waals surface area contributed by atoms with Crippen molar-refractivity contribution in [2.24, 2.45) is 5.92 Å². The Balaban J connectivity index is 2.34. The Morgan fingerprint density at radius 3 is 2.59 bits per heavy atom. The van der Waals surface area contributed by atoms with E-state index in [-0.39, 0.29) is 12.4 Å².